The van der Waals surface area contributed by atoms with Crippen molar-refractivity contribution >= 4 is 23.4 Å². The maximum atomic E-state index is 10.9. The van der Waals surface area contributed by atoms with Gasteiger partial charge in [-0.05, 0) is 24.6 Å². The Labute approximate surface area is 205 Å². The standard InChI is InChI=1S/C23H23N7O4S/c1-16(20-24-25-21(34-20)18-7-9-19(10-8-18)30(31)32)35-23-27-26-22(28-11-13-33-14-12-28)29(23)15-17-5-3-2-4-6-17/h2-10,16H,11-15H2,1H3. The Morgan fingerprint density at radius 3 is 2.49 bits per heavy atom. The minimum Gasteiger partial charge on any atom is -0.419 e. The van der Waals surface area contributed by atoms with Gasteiger partial charge in [-0.1, -0.05) is 42.1 Å². The quantitative estimate of drug-likeness (QED) is 0.202. The highest BCUT2D eigenvalue weighted by Crippen LogP contribution is 2.36. The van der Waals surface area contributed by atoms with Crippen molar-refractivity contribution in [3.63, 3.8) is 0 Å². The summed E-state index contributed by atoms with van der Waals surface area (Å²) in [5.74, 6) is 1.55. The van der Waals surface area contributed by atoms with Crippen molar-refractivity contribution < 1.29 is 14.1 Å². The molecule has 1 saturated heterocycles. The van der Waals surface area contributed by atoms with E-state index < -0.39 is 4.92 Å². The molecule has 4 aromatic rings. The minimum atomic E-state index is -0.446. The molecule has 0 saturated carbocycles. The number of non-ortho nitro benzene ring substituents is 1. The predicted octanol–water partition coefficient (Wildman–Crippen LogP) is 3.97. The first-order valence-electron chi connectivity index (χ1n) is 11.1. The zero-order valence-corrected chi connectivity index (χ0v) is 19.8. The van der Waals surface area contributed by atoms with Crippen LogP contribution in [0.3, 0.4) is 0 Å². The van der Waals surface area contributed by atoms with Crippen LogP contribution in [0.5, 0.6) is 0 Å². The van der Waals surface area contributed by atoms with Gasteiger partial charge in [-0.2, -0.15) is 0 Å². The second-order valence-electron chi connectivity index (χ2n) is 7.96. The van der Waals surface area contributed by atoms with Gasteiger partial charge in [0.15, 0.2) is 5.16 Å². The number of nitrogens with zero attached hydrogens (tertiary/aromatic N) is 7. The average molecular weight is 494 g/mol. The lowest BCUT2D eigenvalue weighted by Gasteiger charge is -2.28. The molecule has 1 aliphatic heterocycles. The van der Waals surface area contributed by atoms with E-state index in [0.717, 1.165) is 29.8 Å². The van der Waals surface area contributed by atoms with Gasteiger partial charge in [0.25, 0.3) is 5.69 Å². The number of thioether (sulfide) groups is 1. The average Bonchev–Trinajstić information content (AvgIpc) is 3.53. The first kappa shape index (κ1) is 23.0. The van der Waals surface area contributed by atoms with E-state index in [9.17, 15) is 10.1 Å². The smallest absolute Gasteiger partial charge is 0.269 e. The summed E-state index contributed by atoms with van der Waals surface area (Å²) in [6.07, 6.45) is 0. The van der Waals surface area contributed by atoms with Gasteiger partial charge in [-0.15, -0.1) is 20.4 Å². The third kappa shape index (κ3) is 5.17. The Balaban J connectivity index is 1.37. The molecule has 1 fully saturated rings. The van der Waals surface area contributed by atoms with E-state index >= 15 is 0 Å². The lowest BCUT2D eigenvalue weighted by atomic mass is 10.2. The van der Waals surface area contributed by atoms with Gasteiger partial charge in [0.05, 0.1) is 29.9 Å². The van der Waals surface area contributed by atoms with Crippen molar-refractivity contribution in [1.29, 1.82) is 0 Å². The first-order chi connectivity index (χ1) is 17.1. The van der Waals surface area contributed by atoms with Gasteiger partial charge in [0, 0.05) is 30.8 Å². The molecule has 11 nitrogen and oxygen atoms in total. The molecular formula is C23H23N7O4S. The number of hydrogen-bond donors (Lipinski definition) is 0. The van der Waals surface area contributed by atoms with Crippen LogP contribution in [0.15, 0.2) is 64.2 Å². The number of ether oxygens (including phenoxy) is 1. The molecule has 35 heavy (non-hydrogen) atoms. The van der Waals surface area contributed by atoms with Crippen LogP contribution in [0.2, 0.25) is 0 Å². The van der Waals surface area contributed by atoms with Crippen molar-refractivity contribution in [2.75, 3.05) is 31.2 Å². The molecule has 1 atom stereocenters. The molecule has 5 rings (SSSR count). The van der Waals surface area contributed by atoms with E-state index in [1.54, 1.807) is 12.1 Å². The summed E-state index contributed by atoms with van der Waals surface area (Å²) < 4.78 is 13.5. The first-order valence-corrected chi connectivity index (χ1v) is 12.0. The minimum absolute atomic E-state index is 0.00578. The molecule has 2 aromatic heterocycles. The molecule has 180 valence electrons. The second kappa shape index (κ2) is 10.2. The molecule has 3 heterocycles. The highest BCUT2D eigenvalue weighted by Gasteiger charge is 2.24. The maximum Gasteiger partial charge on any atom is 0.269 e. The number of rotatable bonds is 8. The normalized spacial score (nSPS) is 14.7. The van der Waals surface area contributed by atoms with Gasteiger partial charge >= 0.3 is 0 Å². The van der Waals surface area contributed by atoms with Crippen molar-refractivity contribution in [1.82, 2.24) is 25.0 Å². The Bertz CT molecular complexity index is 1290. The Morgan fingerprint density at radius 2 is 1.77 bits per heavy atom. The van der Waals surface area contributed by atoms with Crippen LogP contribution in [0.1, 0.15) is 23.6 Å². The van der Waals surface area contributed by atoms with E-state index in [1.165, 1.54) is 23.9 Å². The van der Waals surface area contributed by atoms with Crippen LogP contribution in [-0.2, 0) is 11.3 Å². The maximum absolute atomic E-state index is 10.9. The lowest BCUT2D eigenvalue weighted by Crippen LogP contribution is -2.38. The number of anilines is 1. The molecule has 0 N–H and O–H groups in total. The fourth-order valence-electron chi connectivity index (χ4n) is 3.72. The molecular weight excluding hydrogens is 470 g/mol. The third-order valence-electron chi connectivity index (χ3n) is 5.57. The second-order valence-corrected chi connectivity index (χ2v) is 9.27. The van der Waals surface area contributed by atoms with Gasteiger partial charge in [-0.3, -0.25) is 14.7 Å². The summed E-state index contributed by atoms with van der Waals surface area (Å²) >= 11 is 1.49. The monoisotopic (exact) mass is 493 g/mol. The predicted molar refractivity (Wildman–Crippen MR) is 129 cm³/mol. The van der Waals surface area contributed by atoms with Crippen LogP contribution in [0.4, 0.5) is 11.6 Å². The summed E-state index contributed by atoms with van der Waals surface area (Å²) in [5, 5.41) is 28.8. The van der Waals surface area contributed by atoms with Crippen LogP contribution in [0, 0.1) is 10.1 Å². The van der Waals surface area contributed by atoms with Crippen LogP contribution >= 0.6 is 11.8 Å². The molecule has 0 amide bonds. The topological polar surface area (TPSA) is 125 Å². The largest absolute Gasteiger partial charge is 0.419 e. The Kier molecular flexibility index (Phi) is 6.73. The van der Waals surface area contributed by atoms with E-state index in [0.29, 0.717) is 37.1 Å². The number of morpholine rings is 1. The van der Waals surface area contributed by atoms with E-state index in [2.05, 4.69) is 42.0 Å². The summed E-state index contributed by atoms with van der Waals surface area (Å²) in [6, 6.07) is 16.2. The number of nitro benzene ring substituents is 1. The van der Waals surface area contributed by atoms with E-state index in [-0.39, 0.29) is 10.9 Å². The Hall–Kier alpha value is -3.77. The SMILES string of the molecule is CC(Sc1nnc(N2CCOCC2)n1Cc1ccccc1)c1nnc(-c2ccc([N+](=O)[O-])cc2)o1. The fourth-order valence-corrected chi connectivity index (χ4v) is 4.59. The number of aromatic nitrogens is 5. The van der Waals surface area contributed by atoms with Crippen LogP contribution in [-0.4, -0.2) is 56.2 Å². The van der Waals surface area contributed by atoms with Crippen LogP contribution < -0.4 is 4.90 Å². The van der Waals surface area contributed by atoms with Gasteiger partial charge in [0.2, 0.25) is 17.7 Å². The summed E-state index contributed by atoms with van der Waals surface area (Å²) in [6.45, 7) is 5.43. The van der Waals surface area contributed by atoms with Crippen molar-refractivity contribution in [3.8, 4) is 11.5 Å². The summed E-state index contributed by atoms with van der Waals surface area (Å²) in [4.78, 5) is 12.6. The van der Waals surface area contributed by atoms with Gasteiger partial charge in [0.1, 0.15) is 0 Å². The fraction of sp³-hybridized carbons (Fsp3) is 0.304. The summed E-state index contributed by atoms with van der Waals surface area (Å²) in [7, 11) is 0. The molecule has 0 bridgehead atoms. The van der Waals surface area contributed by atoms with Crippen LogP contribution in [0.25, 0.3) is 11.5 Å². The molecule has 0 spiro atoms. The lowest BCUT2D eigenvalue weighted by molar-refractivity contribution is -0.384. The number of nitro groups is 1. The highest BCUT2D eigenvalue weighted by molar-refractivity contribution is 7.99. The number of hydrogen-bond acceptors (Lipinski definition) is 10. The molecule has 1 aliphatic rings. The zero-order valence-electron chi connectivity index (χ0n) is 19.0. The zero-order chi connectivity index (χ0) is 24.2. The van der Waals surface area contributed by atoms with Crippen molar-refractivity contribution in [3.05, 3.63) is 76.2 Å². The highest BCUT2D eigenvalue weighted by atomic mass is 32.2. The van der Waals surface area contributed by atoms with Crippen molar-refractivity contribution in [2.24, 2.45) is 0 Å². The van der Waals surface area contributed by atoms with Gasteiger partial charge < -0.3 is 14.1 Å². The molecule has 0 radical (unpaired) electrons. The molecule has 12 heteroatoms. The molecule has 2 aromatic carbocycles. The third-order valence-corrected chi connectivity index (χ3v) is 6.64. The molecule has 1 unspecified atom stereocenters. The summed E-state index contributed by atoms with van der Waals surface area (Å²) in [5.41, 5.74) is 1.77. The van der Waals surface area contributed by atoms with E-state index in [1.807, 2.05) is 25.1 Å². The van der Waals surface area contributed by atoms with E-state index in [4.69, 9.17) is 9.15 Å². The molecule has 0 aliphatic carbocycles. The Morgan fingerprint density at radius 1 is 1.03 bits per heavy atom. The van der Waals surface area contributed by atoms with Gasteiger partial charge in [-0.25, -0.2) is 0 Å². The number of benzene rings is 2. The van der Waals surface area contributed by atoms with Crippen molar-refractivity contribution in [2.45, 2.75) is 23.9 Å².